The van der Waals surface area contributed by atoms with Crippen LogP contribution in [0, 0.1) is 0 Å². The lowest BCUT2D eigenvalue weighted by molar-refractivity contribution is -0.0440. The molecule has 0 N–H and O–H groups in total. The highest BCUT2D eigenvalue weighted by Crippen LogP contribution is 2.23. The fraction of sp³-hybridized carbons (Fsp3) is 0.350. The van der Waals surface area contributed by atoms with E-state index < -0.39 is 16.0 Å². The molecule has 1 fully saturated rings. The first-order valence-electron chi connectivity index (χ1n) is 8.91. The third-order valence-corrected chi connectivity index (χ3v) is 6.97. The van der Waals surface area contributed by atoms with Crippen molar-refractivity contribution in [3.8, 4) is 5.75 Å². The monoisotopic (exact) mass is 421 g/mol. The predicted molar refractivity (Wildman–Crippen MR) is 108 cm³/mol. The lowest BCUT2D eigenvalue weighted by Crippen LogP contribution is -2.48. The second-order valence-electron chi connectivity index (χ2n) is 6.67. The van der Waals surface area contributed by atoms with Gasteiger partial charge in [0.05, 0.1) is 22.7 Å². The predicted octanol–water partition coefficient (Wildman–Crippen LogP) is 3.43. The molecule has 0 aliphatic carbocycles. The number of rotatable bonds is 5. The molecule has 1 saturated heterocycles. The number of benzene rings is 2. The van der Waals surface area contributed by atoms with Crippen LogP contribution in [0.4, 0.5) is 0 Å². The van der Waals surface area contributed by atoms with Crippen molar-refractivity contribution in [2.75, 3.05) is 19.3 Å². The Morgan fingerprint density at radius 3 is 2.14 bits per heavy atom. The van der Waals surface area contributed by atoms with Gasteiger partial charge in [-0.15, -0.1) is 11.8 Å². The molecule has 0 aromatic heterocycles. The largest absolute Gasteiger partial charge is 0.423 e. The van der Waals surface area contributed by atoms with E-state index in [0.717, 1.165) is 4.90 Å². The van der Waals surface area contributed by atoms with Gasteiger partial charge >= 0.3 is 5.97 Å². The van der Waals surface area contributed by atoms with E-state index in [0.29, 0.717) is 18.8 Å². The summed E-state index contributed by atoms with van der Waals surface area (Å²) in [5.74, 6) is -0.0924. The number of morpholine rings is 1. The lowest BCUT2D eigenvalue weighted by atomic mass is 10.2. The average Bonchev–Trinajstić information content (AvgIpc) is 2.68. The Morgan fingerprint density at radius 1 is 1.04 bits per heavy atom. The van der Waals surface area contributed by atoms with Crippen LogP contribution in [0.3, 0.4) is 0 Å². The molecule has 2 aromatic rings. The first kappa shape index (κ1) is 20.9. The summed E-state index contributed by atoms with van der Waals surface area (Å²) in [6.45, 7) is 4.32. The lowest BCUT2D eigenvalue weighted by Gasteiger charge is -2.34. The maximum Gasteiger partial charge on any atom is 0.343 e. The highest BCUT2D eigenvalue weighted by atomic mass is 32.2. The van der Waals surface area contributed by atoms with E-state index in [1.807, 2.05) is 32.2 Å². The molecule has 2 aromatic carbocycles. The van der Waals surface area contributed by atoms with Gasteiger partial charge in [0.1, 0.15) is 5.75 Å². The summed E-state index contributed by atoms with van der Waals surface area (Å²) < 4.78 is 38.1. The zero-order valence-electron chi connectivity index (χ0n) is 16.0. The SMILES string of the molecule is CSc1ccc(OC(=O)c2ccc(S(=O)(=O)N3C[C@@H](C)O[C@H](C)C3)cc2)cc1. The topological polar surface area (TPSA) is 72.9 Å². The van der Waals surface area contributed by atoms with Crippen molar-refractivity contribution < 1.29 is 22.7 Å². The van der Waals surface area contributed by atoms with Gasteiger partial charge in [-0.2, -0.15) is 4.31 Å². The molecule has 1 heterocycles. The van der Waals surface area contributed by atoms with E-state index >= 15 is 0 Å². The van der Waals surface area contributed by atoms with E-state index in [-0.39, 0.29) is 22.7 Å². The Balaban J connectivity index is 1.72. The molecule has 0 radical (unpaired) electrons. The van der Waals surface area contributed by atoms with Crippen LogP contribution in [0.2, 0.25) is 0 Å². The molecular formula is C20H23NO5S2. The number of nitrogens with zero attached hydrogens (tertiary/aromatic N) is 1. The Kier molecular flexibility index (Phi) is 6.44. The molecular weight excluding hydrogens is 398 g/mol. The van der Waals surface area contributed by atoms with Crippen molar-refractivity contribution >= 4 is 27.8 Å². The normalized spacial score (nSPS) is 20.7. The van der Waals surface area contributed by atoms with Crippen molar-refractivity contribution in [1.29, 1.82) is 0 Å². The van der Waals surface area contributed by atoms with Crippen molar-refractivity contribution in [2.45, 2.75) is 35.8 Å². The Labute approximate surface area is 169 Å². The van der Waals surface area contributed by atoms with Crippen molar-refractivity contribution in [1.82, 2.24) is 4.31 Å². The first-order chi connectivity index (χ1) is 13.3. The molecule has 0 spiro atoms. The molecule has 0 unspecified atom stereocenters. The highest BCUT2D eigenvalue weighted by molar-refractivity contribution is 7.98. The molecule has 3 rings (SSSR count). The number of sulfonamides is 1. The smallest absolute Gasteiger partial charge is 0.343 e. The van der Waals surface area contributed by atoms with Gasteiger partial charge in [0, 0.05) is 18.0 Å². The summed E-state index contributed by atoms with van der Waals surface area (Å²) in [4.78, 5) is 13.5. The van der Waals surface area contributed by atoms with Gasteiger partial charge in [-0.3, -0.25) is 0 Å². The quantitative estimate of drug-likeness (QED) is 0.418. The fourth-order valence-electron chi connectivity index (χ4n) is 3.05. The number of thioether (sulfide) groups is 1. The van der Waals surface area contributed by atoms with E-state index in [9.17, 15) is 13.2 Å². The number of carbonyl (C=O) groups is 1. The summed E-state index contributed by atoms with van der Waals surface area (Å²) in [7, 11) is -3.64. The molecule has 6 nitrogen and oxygen atoms in total. The van der Waals surface area contributed by atoms with Crippen LogP contribution in [0.15, 0.2) is 58.3 Å². The van der Waals surface area contributed by atoms with E-state index in [4.69, 9.17) is 9.47 Å². The summed E-state index contributed by atoms with van der Waals surface area (Å²) >= 11 is 1.60. The number of hydrogen-bond acceptors (Lipinski definition) is 6. The Hall–Kier alpha value is -1.87. The molecule has 1 aliphatic rings. The molecule has 28 heavy (non-hydrogen) atoms. The van der Waals surface area contributed by atoms with Gasteiger partial charge < -0.3 is 9.47 Å². The van der Waals surface area contributed by atoms with E-state index in [1.54, 1.807) is 23.9 Å². The minimum atomic E-state index is -3.64. The Bertz CT molecular complexity index is 916. The highest BCUT2D eigenvalue weighted by Gasteiger charge is 2.32. The third kappa shape index (κ3) is 4.75. The van der Waals surface area contributed by atoms with Crippen molar-refractivity contribution in [3.05, 3.63) is 54.1 Å². The molecule has 8 heteroatoms. The van der Waals surface area contributed by atoms with Gasteiger partial charge in [-0.1, -0.05) is 0 Å². The number of ether oxygens (including phenoxy) is 2. The summed E-state index contributed by atoms with van der Waals surface area (Å²) in [6.07, 6.45) is 1.64. The van der Waals surface area contributed by atoms with E-state index in [1.165, 1.54) is 28.6 Å². The molecule has 0 bridgehead atoms. The maximum absolute atomic E-state index is 12.9. The van der Waals surface area contributed by atoms with Gasteiger partial charge in [0.25, 0.3) is 0 Å². The second kappa shape index (κ2) is 8.65. The molecule has 150 valence electrons. The summed E-state index contributed by atoms with van der Waals surface area (Å²) in [5, 5.41) is 0. The Morgan fingerprint density at radius 2 is 1.61 bits per heavy atom. The minimum Gasteiger partial charge on any atom is -0.423 e. The number of esters is 1. The maximum atomic E-state index is 12.9. The minimum absolute atomic E-state index is 0.148. The van der Waals surface area contributed by atoms with Gasteiger partial charge in [-0.05, 0) is 68.6 Å². The second-order valence-corrected chi connectivity index (χ2v) is 9.49. The van der Waals surface area contributed by atoms with Crippen LogP contribution in [0.1, 0.15) is 24.2 Å². The van der Waals surface area contributed by atoms with Gasteiger partial charge in [-0.25, -0.2) is 13.2 Å². The standard InChI is InChI=1S/C20H23NO5S2/c1-14-12-21(13-15(2)25-14)28(23,24)19-10-4-16(5-11-19)20(22)26-17-6-8-18(27-3)9-7-17/h4-11,14-15H,12-13H2,1-3H3/t14-,15-/m1/s1. The molecule has 1 aliphatic heterocycles. The van der Waals surface area contributed by atoms with E-state index in [2.05, 4.69) is 0 Å². The number of carbonyl (C=O) groups excluding carboxylic acids is 1. The van der Waals surface area contributed by atoms with Crippen LogP contribution in [0.5, 0.6) is 5.75 Å². The van der Waals surface area contributed by atoms with Crippen LogP contribution < -0.4 is 4.74 Å². The van der Waals surface area contributed by atoms with Gasteiger partial charge in [0.2, 0.25) is 10.0 Å². The summed E-state index contributed by atoms with van der Waals surface area (Å²) in [5.41, 5.74) is 0.289. The summed E-state index contributed by atoms with van der Waals surface area (Å²) in [6, 6.07) is 13.0. The van der Waals surface area contributed by atoms with Crippen LogP contribution in [0.25, 0.3) is 0 Å². The number of hydrogen-bond donors (Lipinski definition) is 0. The third-order valence-electron chi connectivity index (χ3n) is 4.38. The fourth-order valence-corrected chi connectivity index (χ4v) is 5.05. The zero-order chi connectivity index (χ0) is 20.3. The van der Waals surface area contributed by atoms with Crippen molar-refractivity contribution in [3.63, 3.8) is 0 Å². The van der Waals surface area contributed by atoms with Crippen LogP contribution >= 0.6 is 11.8 Å². The van der Waals surface area contributed by atoms with Gasteiger partial charge in [0.15, 0.2) is 0 Å². The van der Waals surface area contributed by atoms with Crippen molar-refractivity contribution in [2.24, 2.45) is 0 Å². The van der Waals surface area contributed by atoms with Crippen LogP contribution in [-0.4, -0.2) is 50.2 Å². The zero-order valence-corrected chi connectivity index (χ0v) is 17.6. The first-order valence-corrected chi connectivity index (χ1v) is 11.6. The average molecular weight is 422 g/mol. The molecule has 0 amide bonds. The van der Waals surface area contributed by atoms with Crippen LogP contribution in [-0.2, 0) is 14.8 Å². The molecule has 0 saturated carbocycles. The molecule has 2 atom stereocenters.